The highest BCUT2D eigenvalue weighted by atomic mass is 32.2. The van der Waals surface area contributed by atoms with Crippen LogP contribution in [0.3, 0.4) is 0 Å². The lowest BCUT2D eigenvalue weighted by Gasteiger charge is -2.28. The van der Waals surface area contributed by atoms with E-state index < -0.39 is 47.1 Å². The van der Waals surface area contributed by atoms with Gasteiger partial charge in [-0.15, -0.1) is 0 Å². The maximum absolute atomic E-state index is 13.9. The van der Waals surface area contributed by atoms with E-state index in [0.717, 1.165) is 19.4 Å². The number of hydrogen-bond donors (Lipinski definition) is 2. The molecular weight excluding hydrogens is 422 g/mol. The molecule has 4 nitrogen and oxygen atoms in total. The van der Waals surface area contributed by atoms with E-state index in [0.29, 0.717) is 10.5 Å². The van der Waals surface area contributed by atoms with E-state index in [4.69, 9.17) is 0 Å². The van der Waals surface area contributed by atoms with Crippen LogP contribution in [0.4, 0.5) is 17.6 Å². The van der Waals surface area contributed by atoms with E-state index >= 15 is 0 Å². The molecule has 0 aromatic heterocycles. The predicted molar refractivity (Wildman–Crippen MR) is 107 cm³/mol. The zero-order valence-corrected chi connectivity index (χ0v) is 17.5. The summed E-state index contributed by atoms with van der Waals surface area (Å²) in [6, 6.07) is 8.30. The number of aliphatic carboxylic acids is 1. The molecule has 2 N–H and O–H groups in total. The zero-order chi connectivity index (χ0) is 22.7. The average Bonchev–Trinajstić information content (AvgIpc) is 2.63. The third-order valence-corrected chi connectivity index (χ3v) is 5.38. The Labute approximate surface area is 174 Å². The lowest BCUT2D eigenvalue weighted by molar-refractivity contribution is -0.164. The van der Waals surface area contributed by atoms with Gasteiger partial charge in [0, 0.05) is 28.4 Å². The van der Waals surface area contributed by atoms with Gasteiger partial charge in [0.05, 0.1) is 0 Å². The first-order valence-corrected chi connectivity index (χ1v) is 10.6. The molecule has 9 heteroatoms. The van der Waals surface area contributed by atoms with Crippen LogP contribution >= 0.6 is 0 Å². The van der Waals surface area contributed by atoms with Gasteiger partial charge in [-0.25, -0.2) is 4.39 Å². The maximum Gasteiger partial charge on any atom is 0.407 e. The van der Waals surface area contributed by atoms with E-state index in [1.54, 1.807) is 30.5 Å². The van der Waals surface area contributed by atoms with Gasteiger partial charge >= 0.3 is 12.1 Å². The molecule has 0 aliphatic rings. The van der Waals surface area contributed by atoms with Crippen LogP contribution in [-0.2, 0) is 15.6 Å². The molecule has 0 saturated heterocycles. The Morgan fingerprint density at radius 1 is 1.00 bits per heavy atom. The van der Waals surface area contributed by atoms with Gasteiger partial charge in [-0.1, -0.05) is 36.4 Å². The quantitative estimate of drug-likeness (QED) is 0.569. The van der Waals surface area contributed by atoms with Gasteiger partial charge in [-0.05, 0) is 42.7 Å². The molecule has 0 aliphatic heterocycles. The molecule has 0 fully saturated rings. The fourth-order valence-electron chi connectivity index (χ4n) is 2.99. The topological polar surface area (TPSA) is 66.4 Å². The van der Waals surface area contributed by atoms with Crippen LogP contribution in [0.15, 0.2) is 53.4 Å². The summed E-state index contributed by atoms with van der Waals surface area (Å²) in [6.07, 6.45) is -3.84. The number of carboxylic acid groups (broad SMARTS) is 1. The van der Waals surface area contributed by atoms with Gasteiger partial charge in [0.1, 0.15) is 17.8 Å². The molecule has 0 aliphatic carbocycles. The fourth-order valence-corrected chi connectivity index (χ4v) is 3.51. The molecule has 0 radical (unpaired) electrons. The Balaban J connectivity index is 2.30. The second-order valence-electron chi connectivity index (χ2n) is 7.56. The van der Waals surface area contributed by atoms with Gasteiger partial charge < -0.3 is 5.11 Å². The fraction of sp³-hybridized carbons (Fsp3) is 0.381. The molecule has 3 atom stereocenters. The van der Waals surface area contributed by atoms with Crippen LogP contribution in [0.1, 0.15) is 31.9 Å². The van der Waals surface area contributed by atoms with Crippen molar-refractivity contribution in [1.29, 1.82) is 0 Å². The maximum atomic E-state index is 13.9. The molecular formula is C21H23F4NO3S. The minimum absolute atomic E-state index is 0.180. The Hall–Kier alpha value is -2.26. The lowest BCUT2D eigenvalue weighted by atomic mass is 9.97. The Kier molecular flexibility index (Phi) is 7.41. The number of carboxylic acids is 1. The summed E-state index contributed by atoms with van der Waals surface area (Å²) in [7, 11) is -1.14. The summed E-state index contributed by atoms with van der Waals surface area (Å²) in [5.74, 6) is -1.56. The van der Waals surface area contributed by atoms with Crippen LogP contribution in [0.2, 0.25) is 0 Å². The van der Waals surface area contributed by atoms with E-state index in [1.807, 2.05) is 5.32 Å². The Morgan fingerprint density at radius 3 is 1.83 bits per heavy atom. The minimum Gasteiger partial charge on any atom is -0.480 e. The van der Waals surface area contributed by atoms with Crippen molar-refractivity contribution in [3.8, 4) is 11.1 Å². The number of halogens is 4. The van der Waals surface area contributed by atoms with Crippen molar-refractivity contribution in [1.82, 2.24) is 5.32 Å². The number of rotatable bonds is 8. The molecule has 2 aromatic rings. The van der Waals surface area contributed by atoms with Gasteiger partial charge in [-0.2, -0.15) is 13.2 Å². The van der Waals surface area contributed by atoms with Crippen LogP contribution in [0, 0.1) is 0 Å². The van der Waals surface area contributed by atoms with Gasteiger partial charge in [0.15, 0.2) is 0 Å². The first-order valence-electron chi connectivity index (χ1n) is 9.06. The van der Waals surface area contributed by atoms with Crippen molar-refractivity contribution in [3.05, 3.63) is 54.1 Å². The third kappa shape index (κ3) is 6.63. The van der Waals surface area contributed by atoms with Crippen molar-refractivity contribution in [2.75, 3.05) is 6.26 Å². The van der Waals surface area contributed by atoms with Crippen LogP contribution in [-0.4, -0.2) is 39.4 Å². The van der Waals surface area contributed by atoms with Crippen molar-refractivity contribution >= 4 is 16.8 Å². The first-order chi connectivity index (χ1) is 13.8. The standard InChI is InChI=1S/C21H23F4NO3S/c1-20(2,22)12-17(19(27)28)26-18(21(23,24)25)15-6-4-13(5-7-15)14-8-10-16(11-9-14)30(3)29/h4-11,17-18,26H,12H2,1-3H3,(H,27,28)/t17-,18-,30?/m0/s1. The van der Waals surface area contributed by atoms with Gasteiger partial charge in [-0.3, -0.25) is 14.3 Å². The highest BCUT2D eigenvalue weighted by Crippen LogP contribution is 2.35. The van der Waals surface area contributed by atoms with Crippen molar-refractivity contribution in [2.45, 2.75) is 49.1 Å². The summed E-state index contributed by atoms with van der Waals surface area (Å²) >= 11 is 0. The molecule has 0 bridgehead atoms. The highest BCUT2D eigenvalue weighted by Gasteiger charge is 2.43. The van der Waals surface area contributed by atoms with Crippen molar-refractivity contribution < 1.29 is 31.7 Å². The molecule has 30 heavy (non-hydrogen) atoms. The number of nitrogens with one attached hydrogen (secondary N) is 1. The van der Waals surface area contributed by atoms with Gasteiger partial charge in [0.25, 0.3) is 0 Å². The molecule has 0 amide bonds. The number of hydrogen-bond acceptors (Lipinski definition) is 3. The summed E-state index contributed by atoms with van der Waals surface area (Å²) in [5, 5.41) is 11.3. The average molecular weight is 445 g/mol. The minimum atomic E-state index is -4.78. The highest BCUT2D eigenvalue weighted by molar-refractivity contribution is 7.84. The third-order valence-electron chi connectivity index (χ3n) is 4.45. The molecule has 0 spiro atoms. The predicted octanol–water partition coefficient (Wildman–Crippen LogP) is 4.88. The Morgan fingerprint density at radius 2 is 1.47 bits per heavy atom. The monoisotopic (exact) mass is 445 g/mol. The van der Waals surface area contributed by atoms with E-state index in [1.165, 1.54) is 24.3 Å². The summed E-state index contributed by atoms with van der Waals surface area (Å²) in [5.41, 5.74) is -0.757. The molecule has 1 unspecified atom stereocenters. The van der Waals surface area contributed by atoms with E-state index in [9.17, 15) is 31.7 Å². The molecule has 164 valence electrons. The SMILES string of the molecule is CS(=O)c1ccc(-c2ccc([C@H](N[C@@H](CC(C)(C)F)C(=O)O)C(F)(F)F)cc2)cc1. The normalized spacial score (nSPS) is 15.4. The second kappa shape index (κ2) is 9.26. The van der Waals surface area contributed by atoms with Crippen molar-refractivity contribution in [3.63, 3.8) is 0 Å². The first kappa shape index (κ1) is 24.0. The number of carbonyl (C=O) groups is 1. The summed E-state index contributed by atoms with van der Waals surface area (Å²) < 4.78 is 66.2. The lowest BCUT2D eigenvalue weighted by Crippen LogP contribution is -2.47. The summed E-state index contributed by atoms with van der Waals surface area (Å²) in [6.45, 7) is 2.22. The Bertz CT molecular complexity index is 890. The largest absolute Gasteiger partial charge is 0.480 e. The van der Waals surface area contributed by atoms with Crippen LogP contribution in [0.5, 0.6) is 0 Å². The van der Waals surface area contributed by atoms with Crippen LogP contribution in [0.25, 0.3) is 11.1 Å². The summed E-state index contributed by atoms with van der Waals surface area (Å²) in [4.78, 5) is 12.0. The van der Waals surface area contributed by atoms with E-state index in [2.05, 4.69) is 0 Å². The molecule has 0 saturated carbocycles. The van der Waals surface area contributed by atoms with Crippen molar-refractivity contribution in [2.24, 2.45) is 0 Å². The van der Waals surface area contributed by atoms with Crippen LogP contribution < -0.4 is 5.32 Å². The zero-order valence-electron chi connectivity index (χ0n) is 16.7. The van der Waals surface area contributed by atoms with E-state index in [-0.39, 0.29) is 5.56 Å². The molecule has 2 aromatic carbocycles. The molecule has 2 rings (SSSR count). The number of alkyl halides is 4. The smallest absolute Gasteiger partial charge is 0.407 e. The molecule has 0 heterocycles. The second-order valence-corrected chi connectivity index (χ2v) is 8.94. The number of benzene rings is 2. The van der Waals surface area contributed by atoms with Gasteiger partial charge in [0.2, 0.25) is 0 Å².